The van der Waals surface area contributed by atoms with Gasteiger partial charge < -0.3 is 11.1 Å². The molecule has 1 aromatic rings. The van der Waals surface area contributed by atoms with Crippen LogP contribution in [-0.2, 0) is 0 Å². The zero-order valence-electron chi connectivity index (χ0n) is 10.2. The number of hydrogen-bond acceptors (Lipinski definition) is 3. The maximum absolute atomic E-state index is 13.3. The third kappa shape index (κ3) is 3.25. The summed E-state index contributed by atoms with van der Waals surface area (Å²) in [7, 11) is 0. The van der Waals surface area contributed by atoms with E-state index in [1.54, 1.807) is 6.07 Å². The molecule has 1 aliphatic rings. The Morgan fingerprint density at radius 2 is 2.22 bits per heavy atom. The summed E-state index contributed by atoms with van der Waals surface area (Å²) in [6.07, 6.45) is 1.05. The summed E-state index contributed by atoms with van der Waals surface area (Å²) in [6.45, 7) is 3.71. The molecule has 3 nitrogen and oxygen atoms in total. The number of halogens is 1. The molecule has 3 N–H and O–H groups in total. The second-order valence-corrected chi connectivity index (χ2v) is 4.97. The number of thiocarbonyl (C=S) groups is 1. The molecule has 1 atom stereocenters. The fraction of sp³-hybridized carbons (Fsp3) is 0.462. The molecule has 2 rings (SSSR count). The van der Waals surface area contributed by atoms with E-state index in [9.17, 15) is 4.39 Å². The van der Waals surface area contributed by atoms with Gasteiger partial charge in [0.2, 0.25) is 0 Å². The molecule has 0 radical (unpaired) electrons. The number of hydrogen-bond donors (Lipinski definition) is 2. The summed E-state index contributed by atoms with van der Waals surface area (Å²) < 4.78 is 13.3. The Labute approximate surface area is 112 Å². The molecule has 0 spiro atoms. The van der Waals surface area contributed by atoms with Crippen molar-refractivity contribution >= 4 is 17.2 Å². The maximum Gasteiger partial charge on any atom is 0.123 e. The maximum atomic E-state index is 13.3. The van der Waals surface area contributed by atoms with Gasteiger partial charge in [0, 0.05) is 19.6 Å². The highest BCUT2D eigenvalue weighted by Crippen LogP contribution is 2.22. The molecule has 1 aliphatic heterocycles. The van der Waals surface area contributed by atoms with Gasteiger partial charge in [0.05, 0.1) is 11.0 Å². The van der Waals surface area contributed by atoms with Crippen molar-refractivity contribution in [3.8, 4) is 0 Å². The Morgan fingerprint density at radius 3 is 2.94 bits per heavy atom. The lowest BCUT2D eigenvalue weighted by Crippen LogP contribution is -2.39. The van der Waals surface area contributed by atoms with E-state index in [-0.39, 0.29) is 11.9 Å². The first-order valence-corrected chi connectivity index (χ1v) is 6.59. The van der Waals surface area contributed by atoms with E-state index in [1.165, 1.54) is 12.1 Å². The Bertz CT molecular complexity index is 416. The zero-order valence-corrected chi connectivity index (χ0v) is 11.0. The van der Waals surface area contributed by atoms with Crippen LogP contribution in [0.25, 0.3) is 0 Å². The van der Waals surface area contributed by atoms with Crippen molar-refractivity contribution in [2.24, 2.45) is 5.73 Å². The zero-order chi connectivity index (χ0) is 13.0. The fourth-order valence-corrected chi connectivity index (χ4v) is 2.64. The van der Waals surface area contributed by atoms with Gasteiger partial charge in [-0.3, -0.25) is 4.90 Å². The Morgan fingerprint density at radius 1 is 1.39 bits per heavy atom. The van der Waals surface area contributed by atoms with Crippen molar-refractivity contribution in [2.45, 2.75) is 12.5 Å². The van der Waals surface area contributed by atoms with Crippen molar-refractivity contribution in [1.29, 1.82) is 0 Å². The van der Waals surface area contributed by atoms with E-state index in [4.69, 9.17) is 18.0 Å². The predicted molar refractivity (Wildman–Crippen MR) is 75.0 cm³/mol. The molecule has 1 unspecified atom stereocenters. The van der Waals surface area contributed by atoms with E-state index in [0.29, 0.717) is 4.99 Å². The van der Waals surface area contributed by atoms with Gasteiger partial charge in [-0.1, -0.05) is 24.4 Å². The first-order valence-electron chi connectivity index (χ1n) is 6.18. The standard InChI is InChI=1S/C13H18FN3S/c14-11-4-1-3-10(9-11)12(13(15)18)17-7-2-5-16-6-8-17/h1,3-4,9,12,16H,2,5-8H2,(H2,15,18). The van der Waals surface area contributed by atoms with Gasteiger partial charge in [-0.25, -0.2) is 4.39 Å². The van der Waals surface area contributed by atoms with Gasteiger partial charge in [0.1, 0.15) is 5.82 Å². The van der Waals surface area contributed by atoms with Crippen molar-refractivity contribution in [2.75, 3.05) is 26.2 Å². The van der Waals surface area contributed by atoms with Gasteiger partial charge in [-0.05, 0) is 30.7 Å². The van der Waals surface area contributed by atoms with Gasteiger partial charge in [-0.2, -0.15) is 0 Å². The highest BCUT2D eigenvalue weighted by atomic mass is 32.1. The van der Waals surface area contributed by atoms with Crippen molar-refractivity contribution in [3.63, 3.8) is 0 Å². The molecular weight excluding hydrogens is 249 g/mol. The summed E-state index contributed by atoms with van der Waals surface area (Å²) in [6, 6.07) is 6.36. The molecule has 98 valence electrons. The molecule has 18 heavy (non-hydrogen) atoms. The molecule has 5 heteroatoms. The molecule has 1 aromatic carbocycles. The van der Waals surface area contributed by atoms with E-state index >= 15 is 0 Å². The molecule has 0 aliphatic carbocycles. The van der Waals surface area contributed by atoms with Gasteiger partial charge in [0.25, 0.3) is 0 Å². The monoisotopic (exact) mass is 267 g/mol. The minimum Gasteiger partial charge on any atom is -0.392 e. The third-order valence-electron chi connectivity index (χ3n) is 3.17. The van der Waals surface area contributed by atoms with Gasteiger partial charge in [0.15, 0.2) is 0 Å². The van der Waals surface area contributed by atoms with Gasteiger partial charge in [-0.15, -0.1) is 0 Å². The quantitative estimate of drug-likeness (QED) is 0.813. The summed E-state index contributed by atoms with van der Waals surface area (Å²) in [4.78, 5) is 2.62. The molecule has 1 heterocycles. The Kier molecular flexibility index (Phi) is 4.63. The van der Waals surface area contributed by atoms with Crippen molar-refractivity contribution in [1.82, 2.24) is 10.2 Å². The fourth-order valence-electron chi connectivity index (χ4n) is 2.36. The molecule has 1 fully saturated rings. The van der Waals surface area contributed by atoms with Crippen molar-refractivity contribution < 1.29 is 4.39 Å². The summed E-state index contributed by atoms with van der Waals surface area (Å²) in [5, 5.41) is 3.33. The lowest BCUT2D eigenvalue weighted by atomic mass is 10.0. The highest BCUT2D eigenvalue weighted by molar-refractivity contribution is 7.80. The number of benzene rings is 1. The van der Waals surface area contributed by atoms with Crippen LogP contribution >= 0.6 is 12.2 Å². The molecule has 0 saturated carbocycles. The van der Waals surface area contributed by atoms with Crippen LogP contribution in [0.2, 0.25) is 0 Å². The van der Waals surface area contributed by atoms with Crippen LogP contribution in [0.4, 0.5) is 4.39 Å². The van der Waals surface area contributed by atoms with Crippen LogP contribution in [-0.4, -0.2) is 36.1 Å². The minimum absolute atomic E-state index is 0.171. The van der Waals surface area contributed by atoms with E-state index in [2.05, 4.69) is 10.2 Å². The smallest absolute Gasteiger partial charge is 0.123 e. The van der Waals surface area contributed by atoms with E-state index < -0.39 is 0 Å². The van der Waals surface area contributed by atoms with E-state index in [0.717, 1.165) is 38.2 Å². The Hall–Kier alpha value is -1.04. The Balaban J connectivity index is 2.24. The lowest BCUT2D eigenvalue weighted by molar-refractivity contribution is 0.261. The number of nitrogens with zero attached hydrogens (tertiary/aromatic N) is 1. The minimum atomic E-state index is -0.248. The molecule has 0 bridgehead atoms. The van der Waals surface area contributed by atoms with Crippen LogP contribution in [0.15, 0.2) is 24.3 Å². The van der Waals surface area contributed by atoms with Crippen LogP contribution in [0.1, 0.15) is 18.0 Å². The second kappa shape index (κ2) is 6.22. The third-order valence-corrected chi connectivity index (χ3v) is 3.40. The first-order chi connectivity index (χ1) is 8.68. The average Bonchev–Trinajstić information content (AvgIpc) is 2.58. The second-order valence-electron chi connectivity index (χ2n) is 4.50. The van der Waals surface area contributed by atoms with Crippen LogP contribution < -0.4 is 11.1 Å². The molecule has 0 aromatic heterocycles. The predicted octanol–water partition coefficient (Wildman–Crippen LogP) is 1.45. The lowest BCUT2D eigenvalue weighted by Gasteiger charge is -2.29. The normalized spacial score (nSPS) is 19.2. The topological polar surface area (TPSA) is 41.3 Å². The first kappa shape index (κ1) is 13.4. The van der Waals surface area contributed by atoms with E-state index in [1.807, 2.05) is 6.07 Å². The number of rotatable bonds is 3. The average molecular weight is 267 g/mol. The van der Waals surface area contributed by atoms with Crippen molar-refractivity contribution in [3.05, 3.63) is 35.6 Å². The summed E-state index contributed by atoms with van der Waals surface area (Å²) in [5.74, 6) is -0.248. The number of nitrogens with two attached hydrogens (primary N) is 1. The largest absolute Gasteiger partial charge is 0.392 e. The van der Waals surface area contributed by atoms with Crippen LogP contribution in [0.3, 0.4) is 0 Å². The summed E-state index contributed by atoms with van der Waals surface area (Å²) >= 11 is 5.16. The highest BCUT2D eigenvalue weighted by Gasteiger charge is 2.23. The SMILES string of the molecule is NC(=S)C(c1cccc(F)c1)N1CCCNCC1. The number of nitrogens with one attached hydrogen (secondary N) is 1. The molecule has 0 amide bonds. The summed E-state index contributed by atoms with van der Waals surface area (Å²) in [5.41, 5.74) is 6.68. The van der Waals surface area contributed by atoms with Gasteiger partial charge >= 0.3 is 0 Å². The van der Waals surface area contributed by atoms with Crippen LogP contribution in [0, 0.1) is 5.82 Å². The molecule has 1 saturated heterocycles. The molecular formula is C13H18FN3S. The van der Waals surface area contributed by atoms with Crippen LogP contribution in [0.5, 0.6) is 0 Å².